The maximum absolute atomic E-state index is 12.6. The van der Waals surface area contributed by atoms with Crippen LogP contribution >= 0.6 is 0 Å². The summed E-state index contributed by atoms with van der Waals surface area (Å²) in [5.74, 6) is 0.335. The molecule has 2 heterocycles. The zero-order valence-electron chi connectivity index (χ0n) is 11.5. The number of aryl methyl sites for hydroxylation is 1. The number of nitrogens with two attached hydrogens (primary N) is 1. The van der Waals surface area contributed by atoms with E-state index in [1.807, 2.05) is 30.1 Å². The number of carbonyl (C=O) groups excluding carboxylic acids is 1. The van der Waals surface area contributed by atoms with E-state index in [4.69, 9.17) is 5.73 Å². The van der Waals surface area contributed by atoms with E-state index in [2.05, 4.69) is 11.2 Å². The number of hydrogen-bond donors (Lipinski definition) is 1. The standard InChI is InChI=1S/C15H18N4O/c1-18-9-12(8-17-18)15(20)19-10-11(6-7-16)13-4-2-3-5-14(13)19/h2-5,8-9,11H,6-7,10,16H2,1H3. The van der Waals surface area contributed by atoms with Gasteiger partial charge in [-0.2, -0.15) is 5.10 Å². The van der Waals surface area contributed by atoms with Crippen LogP contribution in [0, 0.1) is 0 Å². The molecular weight excluding hydrogens is 252 g/mol. The normalized spacial score (nSPS) is 17.3. The van der Waals surface area contributed by atoms with Gasteiger partial charge in [0.15, 0.2) is 0 Å². The predicted molar refractivity (Wildman–Crippen MR) is 77.7 cm³/mol. The number of hydrogen-bond acceptors (Lipinski definition) is 3. The second kappa shape index (κ2) is 5.09. The van der Waals surface area contributed by atoms with Gasteiger partial charge in [-0.15, -0.1) is 0 Å². The molecule has 0 saturated heterocycles. The molecule has 1 aliphatic heterocycles. The summed E-state index contributed by atoms with van der Waals surface area (Å²) in [5, 5.41) is 4.07. The van der Waals surface area contributed by atoms with Gasteiger partial charge in [-0.1, -0.05) is 18.2 Å². The maximum atomic E-state index is 12.6. The van der Waals surface area contributed by atoms with Gasteiger partial charge in [0.2, 0.25) is 0 Å². The smallest absolute Gasteiger partial charge is 0.261 e. The molecule has 5 heteroatoms. The number of fused-ring (bicyclic) bond motifs is 1. The molecule has 2 N–H and O–H groups in total. The minimum absolute atomic E-state index is 0.00470. The molecule has 5 nitrogen and oxygen atoms in total. The lowest BCUT2D eigenvalue weighted by Crippen LogP contribution is -2.29. The van der Waals surface area contributed by atoms with Crippen LogP contribution in [0.3, 0.4) is 0 Å². The quantitative estimate of drug-likeness (QED) is 0.919. The zero-order valence-corrected chi connectivity index (χ0v) is 11.5. The summed E-state index contributed by atoms with van der Waals surface area (Å²) in [7, 11) is 1.81. The van der Waals surface area contributed by atoms with E-state index < -0.39 is 0 Å². The van der Waals surface area contributed by atoms with Crippen molar-refractivity contribution >= 4 is 11.6 Å². The van der Waals surface area contributed by atoms with Crippen molar-refractivity contribution in [3.63, 3.8) is 0 Å². The van der Waals surface area contributed by atoms with Crippen LogP contribution in [0.15, 0.2) is 36.7 Å². The van der Waals surface area contributed by atoms with Gasteiger partial charge < -0.3 is 10.6 Å². The fraction of sp³-hybridized carbons (Fsp3) is 0.333. The number of amides is 1. The summed E-state index contributed by atoms with van der Waals surface area (Å²) in [5.41, 5.74) is 8.52. The maximum Gasteiger partial charge on any atom is 0.261 e. The van der Waals surface area contributed by atoms with Crippen molar-refractivity contribution in [1.82, 2.24) is 9.78 Å². The molecule has 0 fully saturated rings. The summed E-state index contributed by atoms with van der Waals surface area (Å²) in [6.07, 6.45) is 4.26. The Labute approximate surface area is 118 Å². The molecule has 0 saturated carbocycles. The first kappa shape index (κ1) is 12.9. The van der Waals surface area contributed by atoms with Gasteiger partial charge >= 0.3 is 0 Å². The molecule has 3 rings (SSSR count). The summed E-state index contributed by atoms with van der Waals surface area (Å²) in [6, 6.07) is 8.07. The number of anilines is 1. The Balaban J connectivity index is 1.93. The molecule has 1 unspecified atom stereocenters. The number of rotatable bonds is 3. The molecular formula is C15H18N4O. The summed E-state index contributed by atoms with van der Waals surface area (Å²) >= 11 is 0. The summed E-state index contributed by atoms with van der Waals surface area (Å²) in [4.78, 5) is 14.5. The highest BCUT2D eigenvalue weighted by Gasteiger charge is 2.32. The van der Waals surface area contributed by atoms with Crippen LogP contribution in [0.4, 0.5) is 5.69 Å². The van der Waals surface area contributed by atoms with Crippen LogP contribution in [-0.2, 0) is 7.05 Å². The van der Waals surface area contributed by atoms with E-state index in [9.17, 15) is 4.79 Å². The summed E-state index contributed by atoms with van der Waals surface area (Å²) in [6.45, 7) is 1.33. The molecule has 1 aromatic carbocycles. The van der Waals surface area contributed by atoms with E-state index in [0.29, 0.717) is 24.6 Å². The zero-order chi connectivity index (χ0) is 14.1. The molecule has 0 radical (unpaired) electrons. The first-order valence-corrected chi connectivity index (χ1v) is 6.80. The molecule has 1 aromatic heterocycles. The third-order valence-electron chi connectivity index (χ3n) is 3.78. The molecule has 2 aromatic rings. The fourth-order valence-electron chi connectivity index (χ4n) is 2.82. The number of para-hydroxylation sites is 1. The number of benzene rings is 1. The average molecular weight is 270 g/mol. The van der Waals surface area contributed by atoms with Crippen LogP contribution in [0.5, 0.6) is 0 Å². The Morgan fingerprint density at radius 1 is 1.45 bits per heavy atom. The van der Waals surface area contributed by atoms with Gasteiger partial charge in [0.1, 0.15) is 0 Å². The van der Waals surface area contributed by atoms with Crippen molar-refractivity contribution in [1.29, 1.82) is 0 Å². The average Bonchev–Trinajstić information content (AvgIpc) is 3.04. The summed E-state index contributed by atoms with van der Waals surface area (Å²) < 4.78 is 1.65. The van der Waals surface area contributed by atoms with Crippen molar-refractivity contribution in [2.75, 3.05) is 18.0 Å². The highest BCUT2D eigenvalue weighted by atomic mass is 16.2. The third kappa shape index (κ3) is 2.10. The topological polar surface area (TPSA) is 64.2 Å². The van der Waals surface area contributed by atoms with Crippen molar-refractivity contribution in [3.05, 3.63) is 47.8 Å². The Morgan fingerprint density at radius 2 is 2.25 bits per heavy atom. The van der Waals surface area contributed by atoms with E-state index in [-0.39, 0.29) is 5.91 Å². The molecule has 0 spiro atoms. The fourth-order valence-corrected chi connectivity index (χ4v) is 2.82. The van der Waals surface area contributed by atoms with Crippen LogP contribution in [0.1, 0.15) is 28.3 Å². The van der Waals surface area contributed by atoms with Gasteiger partial charge in [0.05, 0.1) is 11.8 Å². The molecule has 0 bridgehead atoms. The number of aromatic nitrogens is 2. The van der Waals surface area contributed by atoms with Crippen LogP contribution < -0.4 is 10.6 Å². The first-order chi connectivity index (χ1) is 9.70. The lowest BCUT2D eigenvalue weighted by molar-refractivity contribution is 0.0988. The van der Waals surface area contributed by atoms with Gasteiger partial charge in [0, 0.05) is 31.4 Å². The minimum atomic E-state index is 0.00470. The largest absolute Gasteiger partial charge is 0.330 e. The highest BCUT2D eigenvalue weighted by Crippen LogP contribution is 2.38. The Bertz CT molecular complexity index is 634. The highest BCUT2D eigenvalue weighted by molar-refractivity contribution is 6.07. The Morgan fingerprint density at radius 3 is 2.95 bits per heavy atom. The van der Waals surface area contributed by atoms with E-state index >= 15 is 0 Å². The minimum Gasteiger partial charge on any atom is -0.330 e. The van der Waals surface area contributed by atoms with Crippen molar-refractivity contribution in [2.45, 2.75) is 12.3 Å². The van der Waals surface area contributed by atoms with Gasteiger partial charge in [-0.3, -0.25) is 9.48 Å². The van der Waals surface area contributed by atoms with Crippen LogP contribution in [0.25, 0.3) is 0 Å². The van der Waals surface area contributed by atoms with Crippen molar-refractivity contribution in [2.24, 2.45) is 12.8 Å². The monoisotopic (exact) mass is 270 g/mol. The lowest BCUT2D eigenvalue weighted by atomic mass is 9.98. The van der Waals surface area contributed by atoms with Gasteiger partial charge in [-0.05, 0) is 24.6 Å². The third-order valence-corrected chi connectivity index (χ3v) is 3.78. The second-order valence-corrected chi connectivity index (χ2v) is 5.15. The van der Waals surface area contributed by atoms with Crippen molar-refractivity contribution in [3.8, 4) is 0 Å². The van der Waals surface area contributed by atoms with Crippen molar-refractivity contribution < 1.29 is 4.79 Å². The van der Waals surface area contributed by atoms with Gasteiger partial charge in [0.25, 0.3) is 5.91 Å². The number of nitrogens with zero attached hydrogens (tertiary/aromatic N) is 3. The molecule has 1 amide bonds. The SMILES string of the molecule is Cn1cc(C(=O)N2CC(CCN)c3ccccc32)cn1. The lowest BCUT2D eigenvalue weighted by Gasteiger charge is -2.16. The van der Waals surface area contributed by atoms with Gasteiger partial charge in [-0.25, -0.2) is 0 Å². The molecule has 104 valence electrons. The molecule has 1 atom stereocenters. The first-order valence-electron chi connectivity index (χ1n) is 6.80. The number of carbonyl (C=O) groups is 1. The molecule has 0 aliphatic carbocycles. The van der Waals surface area contributed by atoms with Crippen LogP contribution in [0.2, 0.25) is 0 Å². The van der Waals surface area contributed by atoms with E-state index in [1.165, 1.54) is 5.56 Å². The Hall–Kier alpha value is -2.14. The second-order valence-electron chi connectivity index (χ2n) is 5.15. The predicted octanol–water partition coefficient (Wildman–Crippen LogP) is 1.51. The van der Waals surface area contributed by atoms with E-state index in [0.717, 1.165) is 12.1 Å². The van der Waals surface area contributed by atoms with Crippen LogP contribution in [-0.4, -0.2) is 28.8 Å². The molecule has 1 aliphatic rings. The molecule has 20 heavy (non-hydrogen) atoms. The Kier molecular flexibility index (Phi) is 3.28. The van der Waals surface area contributed by atoms with E-state index in [1.54, 1.807) is 17.1 Å².